The number of nitrogens with zero attached hydrogens (tertiary/aromatic N) is 1. The summed E-state index contributed by atoms with van der Waals surface area (Å²) in [5.41, 5.74) is 1.57. The second-order valence-corrected chi connectivity index (χ2v) is 4.86. The van der Waals surface area contributed by atoms with Gasteiger partial charge >= 0.3 is 0 Å². The highest BCUT2D eigenvalue weighted by Crippen LogP contribution is 2.19. The van der Waals surface area contributed by atoms with Gasteiger partial charge in [0.25, 0.3) is 0 Å². The number of benzene rings is 1. The Kier molecular flexibility index (Phi) is 4.88. The van der Waals surface area contributed by atoms with Crippen LogP contribution in [-0.4, -0.2) is 16.2 Å². The predicted molar refractivity (Wildman–Crippen MR) is 73.7 cm³/mol. The molecule has 0 saturated carbocycles. The standard InChI is InChI=1S/C15H15ClFNO/c16-15-7-4-12(17)9-11(15)10-14(19)6-5-13-3-1-2-8-18-13/h1-4,7-9,14,19H,5-6,10H2. The minimum Gasteiger partial charge on any atom is -0.393 e. The van der Waals surface area contributed by atoms with Crippen LogP contribution in [0, 0.1) is 5.82 Å². The summed E-state index contributed by atoms with van der Waals surface area (Å²) in [7, 11) is 0. The molecule has 0 aliphatic carbocycles. The molecule has 2 nitrogen and oxygen atoms in total. The van der Waals surface area contributed by atoms with Crippen molar-refractivity contribution in [1.82, 2.24) is 4.98 Å². The predicted octanol–water partition coefficient (Wildman–Crippen LogP) is 3.41. The van der Waals surface area contributed by atoms with Gasteiger partial charge in [-0.25, -0.2) is 4.39 Å². The molecule has 19 heavy (non-hydrogen) atoms. The molecule has 1 atom stereocenters. The van der Waals surface area contributed by atoms with Gasteiger partial charge in [-0.3, -0.25) is 4.98 Å². The summed E-state index contributed by atoms with van der Waals surface area (Å²) < 4.78 is 13.1. The van der Waals surface area contributed by atoms with Crippen LogP contribution in [0.2, 0.25) is 5.02 Å². The number of hydrogen-bond donors (Lipinski definition) is 1. The van der Waals surface area contributed by atoms with E-state index in [0.717, 1.165) is 5.69 Å². The fourth-order valence-electron chi connectivity index (χ4n) is 1.92. The summed E-state index contributed by atoms with van der Waals surface area (Å²) in [6.45, 7) is 0. The van der Waals surface area contributed by atoms with Crippen LogP contribution >= 0.6 is 11.6 Å². The van der Waals surface area contributed by atoms with Crippen LogP contribution in [0.25, 0.3) is 0 Å². The fourth-order valence-corrected chi connectivity index (χ4v) is 2.11. The monoisotopic (exact) mass is 279 g/mol. The van der Waals surface area contributed by atoms with Crippen LogP contribution < -0.4 is 0 Å². The number of aliphatic hydroxyl groups excluding tert-OH is 1. The number of pyridine rings is 1. The maximum absolute atomic E-state index is 13.1. The van der Waals surface area contributed by atoms with Crippen molar-refractivity contribution in [3.63, 3.8) is 0 Å². The molecular weight excluding hydrogens is 265 g/mol. The number of aryl methyl sites for hydroxylation is 1. The van der Waals surface area contributed by atoms with E-state index in [0.29, 0.717) is 29.8 Å². The van der Waals surface area contributed by atoms with Crippen LogP contribution in [0.15, 0.2) is 42.6 Å². The molecule has 0 amide bonds. The third-order valence-corrected chi connectivity index (χ3v) is 3.29. The van der Waals surface area contributed by atoms with Gasteiger partial charge in [0.05, 0.1) is 6.10 Å². The van der Waals surface area contributed by atoms with Gasteiger partial charge < -0.3 is 5.11 Å². The summed E-state index contributed by atoms with van der Waals surface area (Å²) in [6.07, 6.45) is 2.79. The van der Waals surface area contributed by atoms with E-state index in [1.807, 2.05) is 18.2 Å². The smallest absolute Gasteiger partial charge is 0.123 e. The molecule has 1 N–H and O–H groups in total. The van der Waals surface area contributed by atoms with Gasteiger partial charge in [0.1, 0.15) is 5.82 Å². The van der Waals surface area contributed by atoms with E-state index in [-0.39, 0.29) is 5.82 Å². The number of rotatable bonds is 5. The minimum absolute atomic E-state index is 0.337. The first-order chi connectivity index (χ1) is 9.15. The molecular formula is C15H15ClFNO. The minimum atomic E-state index is -0.554. The van der Waals surface area contributed by atoms with E-state index in [9.17, 15) is 9.50 Å². The number of hydrogen-bond acceptors (Lipinski definition) is 2. The summed E-state index contributed by atoms with van der Waals surface area (Å²) >= 11 is 5.97. The highest BCUT2D eigenvalue weighted by atomic mass is 35.5. The average molecular weight is 280 g/mol. The van der Waals surface area contributed by atoms with E-state index in [2.05, 4.69) is 4.98 Å². The van der Waals surface area contributed by atoms with Gasteiger partial charge in [0.2, 0.25) is 0 Å². The van der Waals surface area contributed by atoms with Crippen LogP contribution in [0.1, 0.15) is 17.7 Å². The molecule has 100 valence electrons. The van der Waals surface area contributed by atoms with Crippen molar-refractivity contribution in [3.8, 4) is 0 Å². The van der Waals surface area contributed by atoms with Gasteiger partial charge in [-0.1, -0.05) is 17.7 Å². The largest absolute Gasteiger partial charge is 0.393 e. The molecule has 0 bridgehead atoms. The Bertz CT molecular complexity index is 533. The van der Waals surface area contributed by atoms with E-state index >= 15 is 0 Å². The second-order valence-electron chi connectivity index (χ2n) is 4.45. The van der Waals surface area contributed by atoms with Gasteiger partial charge in [-0.05, 0) is 55.2 Å². The quantitative estimate of drug-likeness (QED) is 0.910. The van der Waals surface area contributed by atoms with Crippen LogP contribution in [-0.2, 0) is 12.8 Å². The summed E-state index contributed by atoms with van der Waals surface area (Å²) in [5.74, 6) is -0.337. The fraction of sp³-hybridized carbons (Fsp3) is 0.267. The molecule has 4 heteroatoms. The van der Waals surface area contributed by atoms with Crippen LogP contribution in [0.5, 0.6) is 0 Å². The van der Waals surface area contributed by atoms with E-state index in [1.165, 1.54) is 18.2 Å². The molecule has 0 aliphatic rings. The lowest BCUT2D eigenvalue weighted by Gasteiger charge is -2.11. The summed E-state index contributed by atoms with van der Waals surface area (Å²) in [6, 6.07) is 9.88. The zero-order chi connectivity index (χ0) is 13.7. The van der Waals surface area contributed by atoms with E-state index in [1.54, 1.807) is 6.20 Å². The van der Waals surface area contributed by atoms with Crippen molar-refractivity contribution in [3.05, 3.63) is 64.7 Å². The Morgan fingerprint density at radius 3 is 2.84 bits per heavy atom. The van der Waals surface area contributed by atoms with Gasteiger partial charge in [-0.15, -0.1) is 0 Å². The Balaban J connectivity index is 1.90. The van der Waals surface area contributed by atoms with Crippen molar-refractivity contribution in [2.24, 2.45) is 0 Å². The van der Waals surface area contributed by atoms with Gasteiger partial charge in [-0.2, -0.15) is 0 Å². The van der Waals surface area contributed by atoms with Crippen molar-refractivity contribution >= 4 is 11.6 Å². The number of aromatic nitrogens is 1. The SMILES string of the molecule is OC(CCc1ccccn1)Cc1cc(F)ccc1Cl. The molecule has 0 aliphatic heterocycles. The first-order valence-corrected chi connectivity index (χ1v) is 6.55. The third kappa shape index (κ3) is 4.30. The van der Waals surface area contributed by atoms with Crippen molar-refractivity contribution in [2.45, 2.75) is 25.4 Å². The summed E-state index contributed by atoms with van der Waals surface area (Å²) in [5, 5.41) is 10.5. The van der Waals surface area contributed by atoms with Crippen molar-refractivity contribution < 1.29 is 9.50 Å². The maximum Gasteiger partial charge on any atom is 0.123 e. The lowest BCUT2D eigenvalue weighted by molar-refractivity contribution is 0.165. The molecule has 2 aromatic rings. The molecule has 0 radical (unpaired) electrons. The maximum atomic E-state index is 13.1. The topological polar surface area (TPSA) is 33.1 Å². The molecule has 2 rings (SSSR count). The van der Waals surface area contributed by atoms with Gasteiger partial charge in [0, 0.05) is 16.9 Å². The highest BCUT2D eigenvalue weighted by Gasteiger charge is 2.10. The van der Waals surface area contributed by atoms with Crippen molar-refractivity contribution in [1.29, 1.82) is 0 Å². The Morgan fingerprint density at radius 2 is 2.11 bits per heavy atom. The molecule has 0 spiro atoms. The first-order valence-electron chi connectivity index (χ1n) is 6.17. The average Bonchev–Trinajstić information content (AvgIpc) is 2.42. The van der Waals surface area contributed by atoms with Crippen LogP contribution in [0.3, 0.4) is 0 Å². The Labute approximate surface area is 116 Å². The molecule has 0 fully saturated rings. The molecule has 1 aromatic heterocycles. The summed E-state index contributed by atoms with van der Waals surface area (Å²) in [4.78, 5) is 4.19. The Hall–Kier alpha value is -1.45. The second kappa shape index (κ2) is 6.64. The first kappa shape index (κ1) is 14.0. The number of aliphatic hydroxyl groups is 1. The zero-order valence-electron chi connectivity index (χ0n) is 10.4. The lowest BCUT2D eigenvalue weighted by Crippen LogP contribution is -2.12. The van der Waals surface area contributed by atoms with E-state index in [4.69, 9.17) is 11.6 Å². The Morgan fingerprint density at radius 1 is 1.26 bits per heavy atom. The van der Waals surface area contributed by atoms with Gasteiger partial charge in [0.15, 0.2) is 0 Å². The van der Waals surface area contributed by atoms with Crippen molar-refractivity contribution in [2.75, 3.05) is 0 Å². The lowest BCUT2D eigenvalue weighted by atomic mass is 10.0. The normalized spacial score (nSPS) is 12.4. The molecule has 1 unspecified atom stereocenters. The molecule has 1 aromatic carbocycles. The van der Waals surface area contributed by atoms with E-state index < -0.39 is 6.10 Å². The van der Waals surface area contributed by atoms with Crippen LogP contribution in [0.4, 0.5) is 4.39 Å². The zero-order valence-corrected chi connectivity index (χ0v) is 11.1. The molecule has 0 saturated heterocycles. The third-order valence-electron chi connectivity index (χ3n) is 2.92. The highest BCUT2D eigenvalue weighted by molar-refractivity contribution is 6.31. The molecule has 1 heterocycles. The number of halogens is 2.